The lowest BCUT2D eigenvalue weighted by molar-refractivity contribution is -0.393. The van der Waals surface area contributed by atoms with Gasteiger partial charge in [0, 0.05) is 13.2 Å². The molecule has 1 rings (SSSR count). The largest absolute Gasteiger partial charge is 0.432 e. The van der Waals surface area contributed by atoms with Crippen LogP contribution in [-0.2, 0) is 11.2 Å². The lowest BCUT2D eigenvalue weighted by atomic mass is 10.2. The summed E-state index contributed by atoms with van der Waals surface area (Å²) in [5, 5.41) is 20.9. The molecule has 0 radical (unpaired) electrons. The number of aromatic nitrogens is 2. The van der Waals surface area contributed by atoms with Crippen molar-refractivity contribution in [2.75, 3.05) is 13.2 Å². The Morgan fingerprint density at radius 2 is 2.25 bits per heavy atom. The fraction of sp³-hybridized carbons (Fsp3) is 0.600. The zero-order chi connectivity index (χ0) is 15.2. The molecule has 112 valence electrons. The number of carbonyl (C=O) groups is 1. The summed E-state index contributed by atoms with van der Waals surface area (Å²) in [5.41, 5.74) is -0.202. The number of imidazole rings is 1. The number of H-pyrrole nitrogens is 1. The van der Waals surface area contributed by atoms with Gasteiger partial charge in [0.15, 0.2) is 0 Å². The summed E-state index contributed by atoms with van der Waals surface area (Å²) in [6.07, 6.45) is 0.678. The summed E-state index contributed by atoms with van der Waals surface area (Å²) >= 11 is 0. The van der Waals surface area contributed by atoms with Crippen molar-refractivity contribution in [2.24, 2.45) is 0 Å². The average Bonchev–Trinajstić information content (AvgIpc) is 2.82. The first kappa shape index (κ1) is 16.0. The summed E-state index contributed by atoms with van der Waals surface area (Å²) in [4.78, 5) is 26.2. The van der Waals surface area contributed by atoms with Crippen LogP contribution in [-0.4, -0.2) is 45.0 Å². The van der Waals surface area contributed by atoms with Crippen LogP contribution in [0, 0.1) is 10.1 Å². The van der Waals surface area contributed by atoms with Gasteiger partial charge in [-0.15, -0.1) is 0 Å². The second-order valence-corrected chi connectivity index (χ2v) is 4.06. The van der Waals surface area contributed by atoms with Gasteiger partial charge in [-0.3, -0.25) is 4.79 Å². The Morgan fingerprint density at radius 3 is 2.80 bits per heavy atom. The summed E-state index contributed by atoms with van der Waals surface area (Å²) < 4.78 is 27.1. The number of amides is 1. The van der Waals surface area contributed by atoms with Crippen LogP contribution in [0.4, 0.5) is 14.7 Å². The molecule has 1 heterocycles. The standard InChI is InChI=1S/C10H14F2N4O4/c11-10(12,8(18)13-3-1-2-4-17)5-7-6-14-9(15-7)16(19)20/h6,17H,1-5H2,(H,13,18)(H,14,15). The van der Waals surface area contributed by atoms with E-state index in [1.807, 2.05) is 5.32 Å². The quantitative estimate of drug-likeness (QED) is 0.363. The number of rotatable bonds is 8. The number of nitro groups is 1. The number of nitrogens with one attached hydrogen (secondary N) is 2. The van der Waals surface area contributed by atoms with Gasteiger partial charge in [-0.2, -0.15) is 8.78 Å². The van der Waals surface area contributed by atoms with Gasteiger partial charge >= 0.3 is 11.9 Å². The summed E-state index contributed by atoms with van der Waals surface area (Å²) in [7, 11) is 0. The smallest absolute Gasteiger partial charge is 0.396 e. The predicted octanol–water partition coefficient (Wildman–Crippen LogP) is 0.384. The first-order valence-electron chi connectivity index (χ1n) is 5.82. The Morgan fingerprint density at radius 1 is 1.55 bits per heavy atom. The van der Waals surface area contributed by atoms with E-state index in [0.717, 1.165) is 6.20 Å². The number of aromatic amines is 1. The molecular weight excluding hydrogens is 278 g/mol. The maximum atomic E-state index is 13.5. The monoisotopic (exact) mass is 292 g/mol. The minimum absolute atomic E-state index is 0.0259. The first-order chi connectivity index (χ1) is 9.36. The van der Waals surface area contributed by atoms with E-state index in [1.54, 1.807) is 0 Å². The molecule has 3 N–H and O–H groups in total. The van der Waals surface area contributed by atoms with E-state index in [1.165, 1.54) is 0 Å². The number of aliphatic hydroxyl groups is 1. The molecule has 0 aliphatic carbocycles. The maximum absolute atomic E-state index is 13.5. The highest BCUT2D eigenvalue weighted by Crippen LogP contribution is 2.20. The van der Waals surface area contributed by atoms with E-state index in [-0.39, 0.29) is 18.8 Å². The molecule has 0 unspecified atom stereocenters. The Hall–Kier alpha value is -2.10. The zero-order valence-corrected chi connectivity index (χ0v) is 10.4. The van der Waals surface area contributed by atoms with Crippen molar-refractivity contribution in [2.45, 2.75) is 25.2 Å². The van der Waals surface area contributed by atoms with E-state index in [4.69, 9.17) is 5.11 Å². The van der Waals surface area contributed by atoms with Crippen molar-refractivity contribution in [3.8, 4) is 0 Å². The van der Waals surface area contributed by atoms with Crippen LogP contribution in [0.3, 0.4) is 0 Å². The molecule has 0 saturated heterocycles. The van der Waals surface area contributed by atoms with E-state index in [0.29, 0.717) is 12.8 Å². The number of carbonyl (C=O) groups excluding carboxylic acids is 1. The molecule has 0 atom stereocenters. The van der Waals surface area contributed by atoms with E-state index in [9.17, 15) is 23.7 Å². The van der Waals surface area contributed by atoms with Crippen molar-refractivity contribution < 1.29 is 23.6 Å². The minimum atomic E-state index is -3.69. The molecule has 0 aliphatic heterocycles. The van der Waals surface area contributed by atoms with Gasteiger partial charge in [0.25, 0.3) is 5.91 Å². The number of halogens is 2. The van der Waals surface area contributed by atoms with Crippen molar-refractivity contribution in [3.63, 3.8) is 0 Å². The van der Waals surface area contributed by atoms with Gasteiger partial charge < -0.3 is 20.5 Å². The van der Waals surface area contributed by atoms with E-state index in [2.05, 4.69) is 9.97 Å². The van der Waals surface area contributed by atoms with Crippen LogP contribution in [0.1, 0.15) is 18.5 Å². The molecule has 0 saturated carbocycles. The number of alkyl halides is 2. The molecule has 1 aromatic heterocycles. The topological polar surface area (TPSA) is 121 Å². The third kappa shape index (κ3) is 4.53. The predicted molar refractivity (Wildman–Crippen MR) is 63.2 cm³/mol. The Labute approximate surface area is 112 Å². The molecule has 0 bridgehead atoms. The highest BCUT2D eigenvalue weighted by molar-refractivity contribution is 5.83. The molecule has 20 heavy (non-hydrogen) atoms. The molecule has 8 nitrogen and oxygen atoms in total. The molecular formula is C10H14F2N4O4. The normalized spacial score (nSPS) is 11.3. The van der Waals surface area contributed by atoms with Crippen LogP contribution in [0.5, 0.6) is 0 Å². The average molecular weight is 292 g/mol. The van der Waals surface area contributed by atoms with E-state index >= 15 is 0 Å². The maximum Gasteiger partial charge on any atom is 0.432 e. The molecule has 0 spiro atoms. The first-order valence-corrected chi connectivity index (χ1v) is 5.82. The third-order valence-corrected chi connectivity index (χ3v) is 2.40. The van der Waals surface area contributed by atoms with Crippen molar-refractivity contribution in [1.82, 2.24) is 15.3 Å². The van der Waals surface area contributed by atoms with Crippen molar-refractivity contribution >= 4 is 11.9 Å². The number of nitrogens with zero attached hydrogens (tertiary/aromatic N) is 2. The molecule has 10 heteroatoms. The highest BCUT2D eigenvalue weighted by Gasteiger charge is 2.40. The van der Waals surface area contributed by atoms with Gasteiger partial charge in [0.2, 0.25) is 0 Å². The Bertz CT molecular complexity index is 478. The lowest BCUT2D eigenvalue weighted by Crippen LogP contribution is -2.42. The highest BCUT2D eigenvalue weighted by atomic mass is 19.3. The Balaban J connectivity index is 2.54. The second-order valence-electron chi connectivity index (χ2n) is 4.06. The zero-order valence-electron chi connectivity index (χ0n) is 10.4. The summed E-state index contributed by atoms with van der Waals surface area (Å²) in [6.45, 7) is -0.0534. The fourth-order valence-corrected chi connectivity index (χ4v) is 1.42. The van der Waals surface area contributed by atoms with Gasteiger partial charge in [-0.25, -0.2) is 4.98 Å². The van der Waals surface area contributed by atoms with E-state index < -0.39 is 29.1 Å². The van der Waals surface area contributed by atoms with Gasteiger partial charge in [0.05, 0.1) is 6.42 Å². The second kappa shape index (κ2) is 6.89. The molecule has 1 amide bonds. The Kier molecular flexibility index (Phi) is 5.50. The number of hydrogen-bond donors (Lipinski definition) is 3. The van der Waals surface area contributed by atoms with Gasteiger partial charge in [-0.1, -0.05) is 4.98 Å². The third-order valence-electron chi connectivity index (χ3n) is 2.40. The van der Waals surface area contributed by atoms with Crippen LogP contribution in [0.15, 0.2) is 6.20 Å². The molecule has 0 aliphatic rings. The van der Waals surface area contributed by atoms with Crippen molar-refractivity contribution in [1.29, 1.82) is 0 Å². The summed E-state index contributed by atoms with van der Waals surface area (Å²) in [5.74, 6) is -5.81. The number of hydrogen-bond acceptors (Lipinski definition) is 5. The number of unbranched alkanes of at least 4 members (excludes halogenated alkanes) is 1. The fourth-order valence-electron chi connectivity index (χ4n) is 1.42. The number of aliphatic hydroxyl groups excluding tert-OH is 1. The van der Waals surface area contributed by atoms with Crippen LogP contribution in [0.25, 0.3) is 0 Å². The van der Waals surface area contributed by atoms with Gasteiger partial charge in [0.1, 0.15) is 11.9 Å². The van der Waals surface area contributed by atoms with Crippen LogP contribution >= 0.6 is 0 Å². The van der Waals surface area contributed by atoms with Gasteiger partial charge in [-0.05, 0) is 17.8 Å². The minimum Gasteiger partial charge on any atom is -0.396 e. The molecule has 0 aromatic carbocycles. The molecule has 1 aromatic rings. The molecule has 0 fully saturated rings. The summed E-state index contributed by atoms with van der Waals surface area (Å²) in [6, 6.07) is 0. The van der Waals surface area contributed by atoms with Crippen molar-refractivity contribution in [3.05, 3.63) is 22.0 Å². The van der Waals surface area contributed by atoms with Crippen LogP contribution in [0.2, 0.25) is 0 Å². The SMILES string of the molecule is O=C(NCCCCO)C(F)(F)Cc1cnc([N+](=O)[O-])[nH]1. The lowest BCUT2D eigenvalue weighted by Gasteiger charge is -2.14. The van der Waals surface area contributed by atoms with Crippen LogP contribution < -0.4 is 5.32 Å².